The molecular formula is C20H18N4O2. The molecule has 4 rings (SSSR count). The van der Waals surface area contributed by atoms with Gasteiger partial charge in [0.15, 0.2) is 17.2 Å². The molecule has 0 atom stereocenters. The van der Waals surface area contributed by atoms with Crippen LogP contribution in [0.5, 0.6) is 11.5 Å². The second-order valence-corrected chi connectivity index (χ2v) is 6.41. The van der Waals surface area contributed by atoms with Crippen molar-refractivity contribution in [3.05, 3.63) is 60.4 Å². The summed E-state index contributed by atoms with van der Waals surface area (Å²) in [7, 11) is 0. The summed E-state index contributed by atoms with van der Waals surface area (Å²) in [5, 5.41) is 30.5. The minimum absolute atomic E-state index is 0.103. The number of hydrogen-bond donors (Lipinski definition) is 2. The average Bonchev–Trinajstić information content (AvgIpc) is 3.01. The van der Waals surface area contributed by atoms with Crippen LogP contribution < -0.4 is 0 Å². The van der Waals surface area contributed by atoms with Crippen LogP contribution >= 0.6 is 0 Å². The first-order valence-corrected chi connectivity index (χ1v) is 8.38. The lowest BCUT2D eigenvalue weighted by atomic mass is 10.1. The first-order valence-electron chi connectivity index (χ1n) is 8.38. The highest BCUT2D eigenvalue weighted by molar-refractivity contribution is 5.96. The Morgan fingerprint density at radius 1 is 0.885 bits per heavy atom. The molecule has 2 aromatic heterocycles. The summed E-state index contributed by atoms with van der Waals surface area (Å²) in [4.78, 5) is 4.52. The van der Waals surface area contributed by atoms with E-state index < -0.39 is 0 Å². The van der Waals surface area contributed by atoms with Gasteiger partial charge in [-0.1, -0.05) is 38.1 Å². The molecule has 0 aliphatic heterocycles. The number of aromatic nitrogens is 2. The fraction of sp³-hybridized carbons (Fsp3) is 0.150. The highest BCUT2D eigenvalue weighted by Crippen LogP contribution is 2.35. The molecule has 130 valence electrons. The number of hydrogen-bond acceptors (Lipinski definition) is 5. The van der Waals surface area contributed by atoms with Gasteiger partial charge in [0.1, 0.15) is 5.75 Å². The van der Waals surface area contributed by atoms with Crippen molar-refractivity contribution in [2.24, 2.45) is 10.2 Å². The number of pyridine rings is 1. The standard InChI is InChI=1S/C20H18N4O2/c1-12(2)18-20(24-11-5-10-17(26)19(24)21-18)23-22-15-8-3-7-14-13(15)6-4-9-16(14)25/h3-12,25-26H,1-2H3. The van der Waals surface area contributed by atoms with Gasteiger partial charge in [-0.25, -0.2) is 4.98 Å². The average molecular weight is 346 g/mol. The van der Waals surface area contributed by atoms with Crippen molar-refractivity contribution in [2.75, 3.05) is 0 Å². The van der Waals surface area contributed by atoms with Crippen LogP contribution in [0.1, 0.15) is 25.5 Å². The van der Waals surface area contributed by atoms with E-state index in [0.717, 1.165) is 16.5 Å². The van der Waals surface area contributed by atoms with E-state index in [-0.39, 0.29) is 17.4 Å². The second kappa shape index (κ2) is 6.15. The normalized spacial score (nSPS) is 12.0. The van der Waals surface area contributed by atoms with Crippen LogP contribution in [0.3, 0.4) is 0 Å². The van der Waals surface area contributed by atoms with Gasteiger partial charge in [-0.2, -0.15) is 0 Å². The van der Waals surface area contributed by atoms with Gasteiger partial charge in [-0.15, -0.1) is 10.2 Å². The lowest BCUT2D eigenvalue weighted by Crippen LogP contribution is -1.87. The number of rotatable bonds is 3. The van der Waals surface area contributed by atoms with Gasteiger partial charge >= 0.3 is 0 Å². The largest absolute Gasteiger partial charge is 0.507 e. The van der Waals surface area contributed by atoms with Crippen molar-refractivity contribution in [3.8, 4) is 11.5 Å². The van der Waals surface area contributed by atoms with Crippen molar-refractivity contribution in [3.63, 3.8) is 0 Å². The number of phenols is 1. The Morgan fingerprint density at radius 3 is 2.42 bits per heavy atom. The van der Waals surface area contributed by atoms with E-state index in [9.17, 15) is 10.2 Å². The molecule has 26 heavy (non-hydrogen) atoms. The van der Waals surface area contributed by atoms with Crippen molar-refractivity contribution in [1.29, 1.82) is 0 Å². The van der Waals surface area contributed by atoms with E-state index in [1.54, 1.807) is 34.9 Å². The highest BCUT2D eigenvalue weighted by atomic mass is 16.3. The number of azo groups is 1. The Morgan fingerprint density at radius 2 is 1.62 bits per heavy atom. The smallest absolute Gasteiger partial charge is 0.183 e. The second-order valence-electron chi connectivity index (χ2n) is 6.41. The molecule has 4 aromatic rings. The third-order valence-electron chi connectivity index (χ3n) is 4.31. The van der Waals surface area contributed by atoms with Gasteiger partial charge in [-0.3, -0.25) is 4.40 Å². The van der Waals surface area contributed by atoms with E-state index >= 15 is 0 Å². The number of phenolic OH excluding ortho intramolecular Hbond substituents is 1. The summed E-state index contributed by atoms with van der Waals surface area (Å²) in [6.07, 6.45) is 1.80. The van der Waals surface area contributed by atoms with Crippen LogP contribution in [0.25, 0.3) is 16.4 Å². The molecule has 6 heteroatoms. The molecule has 2 N–H and O–H groups in total. The number of imidazole rings is 1. The van der Waals surface area contributed by atoms with E-state index in [4.69, 9.17) is 0 Å². The molecule has 2 heterocycles. The third kappa shape index (κ3) is 2.56. The van der Waals surface area contributed by atoms with Gasteiger partial charge in [0.05, 0.1) is 11.4 Å². The summed E-state index contributed by atoms with van der Waals surface area (Å²) in [6.45, 7) is 4.04. The van der Waals surface area contributed by atoms with Gasteiger partial charge in [-0.05, 0) is 30.2 Å². The summed E-state index contributed by atoms with van der Waals surface area (Å²) in [5.74, 6) is 1.02. The maximum absolute atomic E-state index is 10.1. The molecule has 0 saturated carbocycles. The third-order valence-corrected chi connectivity index (χ3v) is 4.31. The predicted molar refractivity (Wildman–Crippen MR) is 101 cm³/mol. The van der Waals surface area contributed by atoms with Crippen LogP contribution in [0, 0.1) is 0 Å². The SMILES string of the molecule is CC(C)c1nc2c(O)cccn2c1N=Nc1cccc2c(O)cccc12. The minimum atomic E-state index is 0.103. The quantitative estimate of drug-likeness (QED) is 0.485. The van der Waals surface area contributed by atoms with Crippen molar-refractivity contribution in [2.45, 2.75) is 19.8 Å². The van der Waals surface area contributed by atoms with Crippen LogP contribution in [0.4, 0.5) is 11.5 Å². The van der Waals surface area contributed by atoms with Crippen molar-refractivity contribution in [1.82, 2.24) is 9.38 Å². The number of fused-ring (bicyclic) bond motifs is 2. The zero-order chi connectivity index (χ0) is 18.3. The van der Waals surface area contributed by atoms with Crippen molar-refractivity contribution >= 4 is 27.9 Å². The fourth-order valence-electron chi connectivity index (χ4n) is 3.01. The number of aromatic hydroxyl groups is 2. The maximum atomic E-state index is 10.1. The van der Waals surface area contributed by atoms with Crippen LogP contribution in [0.2, 0.25) is 0 Å². The minimum Gasteiger partial charge on any atom is -0.507 e. The van der Waals surface area contributed by atoms with Gasteiger partial charge in [0, 0.05) is 17.0 Å². The van der Waals surface area contributed by atoms with Crippen LogP contribution in [-0.4, -0.2) is 19.6 Å². The molecule has 0 unspecified atom stereocenters. The number of benzene rings is 2. The lowest BCUT2D eigenvalue weighted by Gasteiger charge is -2.04. The first kappa shape index (κ1) is 16.1. The zero-order valence-electron chi connectivity index (χ0n) is 14.5. The fourth-order valence-corrected chi connectivity index (χ4v) is 3.01. The molecule has 0 saturated heterocycles. The lowest BCUT2D eigenvalue weighted by molar-refractivity contribution is 0.477. The van der Waals surface area contributed by atoms with Crippen LogP contribution in [0.15, 0.2) is 65.0 Å². The molecule has 0 aliphatic carbocycles. The van der Waals surface area contributed by atoms with E-state index in [2.05, 4.69) is 15.2 Å². The molecule has 0 fully saturated rings. The monoisotopic (exact) mass is 346 g/mol. The highest BCUT2D eigenvalue weighted by Gasteiger charge is 2.17. The summed E-state index contributed by atoms with van der Waals surface area (Å²) >= 11 is 0. The Bertz CT molecular complexity index is 1150. The van der Waals surface area contributed by atoms with E-state index in [1.807, 2.05) is 38.1 Å². The predicted octanol–water partition coefficient (Wildman–Crippen LogP) is 5.44. The first-order chi connectivity index (χ1) is 12.6. The Balaban J connectivity index is 1.89. The van der Waals surface area contributed by atoms with Gasteiger partial charge in [0.25, 0.3) is 0 Å². The van der Waals surface area contributed by atoms with E-state index in [1.165, 1.54) is 0 Å². The van der Waals surface area contributed by atoms with Crippen LogP contribution in [-0.2, 0) is 0 Å². The summed E-state index contributed by atoms with van der Waals surface area (Å²) in [6, 6.07) is 14.2. The topological polar surface area (TPSA) is 82.5 Å². The molecule has 0 bridgehead atoms. The molecule has 6 nitrogen and oxygen atoms in total. The Kier molecular flexibility index (Phi) is 3.80. The van der Waals surface area contributed by atoms with E-state index in [0.29, 0.717) is 17.2 Å². The molecule has 0 amide bonds. The Labute approximate surface area is 150 Å². The van der Waals surface area contributed by atoms with Crippen molar-refractivity contribution < 1.29 is 10.2 Å². The molecule has 0 spiro atoms. The Hall–Kier alpha value is -3.41. The molecule has 2 aromatic carbocycles. The number of nitrogens with zero attached hydrogens (tertiary/aromatic N) is 4. The summed E-state index contributed by atoms with van der Waals surface area (Å²) in [5.41, 5.74) is 1.88. The zero-order valence-corrected chi connectivity index (χ0v) is 14.5. The van der Waals surface area contributed by atoms with Gasteiger partial charge < -0.3 is 10.2 Å². The molecular weight excluding hydrogens is 328 g/mol. The summed E-state index contributed by atoms with van der Waals surface area (Å²) < 4.78 is 1.73. The van der Waals surface area contributed by atoms with Gasteiger partial charge in [0.2, 0.25) is 0 Å². The molecule has 0 radical (unpaired) electrons. The maximum Gasteiger partial charge on any atom is 0.183 e. The molecule has 0 aliphatic rings.